The summed E-state index contributed by atoms with van der Waals surface area (Å²) in [5.74, 6) is 0.588. The normalized spacial score (nSPS) is 15.8. The van der Waals surface area contributed by atoms with Gasteiger partial charge in [0.2, 0.25) is 0 Å². The molecule has 0 atom stereocenters. The molecule has 4 heteroatoms. The van der Waals surface area contributed by atoms with E-state index in [2.05, 4.69) is 72.6 Å². The van der Waals surface area contributed by atoms with E-state index in [1.54, 1.807) is 6.07 Å². The zero-order valence-corrected chi connectivity index (χ0v) is 18.5. The van der Waals surface area contributed by atoms with E-state index in [0.717, 1.165) is 50.0 Å². The van der Waals surface area contributed by atoms with Crippen LogP contribution in [0.4, 0.5) is 5.69 Å². The molecule has 1 aromatic heterocycles. The van der Waals surface area contributed by atoms with E-state index in [0.29, 0.717) is 17.5 Å². The predicted molar refractivity (Wildman–Crippen MR) is 130 cm³/mol. The number of benzene rings is 2. The van der Waals surface area contributed by atoms with E-state index in [-0.39, 0.29) is 5.63 Å². The summed E-state index contributed by atoms with van der Waals surface area (Å²) in [6.07, 6.45) is 7.58. The van der Waals surface area contributed by atoms with Crippen LogP contribution in [-0.4, -0.2) is 30.6 Å². The van der Waals surface area contributed by atoms with Crippen LogP contribution < -0.4 is 10.9 Å². The summed E-state index contributed by atoms with van der Waals surface area (Å²) in [6, 6.07) is 18.6. The van der Waals surface area contributed by atoms with E-state index in [1.807, 2.05) is 12.1 Å². The number of nitrogens with zero attached hydrogens (tertiary/aromatic N) is 1. The fourth-order valence-electron chi connectivity index (χ4n) is 4.31. The van der Waals surface area contributed by atoms with Crippen molar-refractivity contribution in [2.75, 3.05) is 25.0 Å². The maximum atomic E-state index is 12.1. The lowest BCUT2D eigenvalue weighted by molar-refractivity contribution is 0.240. The summed E-state index contributed by atoms with van der Waals surface area (Å²) in [4.78, 5) is 14.6. The van der Waals surface area contributed by atoms with Crippen molar-refractivity contribution in [3.63, 3.8) is 0 Å². The SMILES string of the molecule is CC(C)Cc1ccc2oc(=O)cc(NC3CCN(CC=Cc4ccccc4)CC3)c2c1. The number of fused-ring (bicyclic) bond motifs is 1. The van der Waals surface area contributed by atoms with Gasteiger partial charge in [0.1, 0.15) is 5.58 Å². The Kier molecular flexibility index (Phi) is 6.88. The molecule has 2 heterocycles. The summed E-state index contributed by atoms with van der Waals surface area (Å²) in [7, 11) is 0. The number of nitrogens with one attached hydrogen (secondary N) is 1. The molecule has 1 aliphatic heterocycles. The van der Waals surface area contributed by atoms with Crippen LogP contribution in [0.15, 0.2) is 69.9 Å². The quantitative estimate of drug-likeness (QED) is 0.511. The van der Waals surface area contributed by atoms with Gasteiger partial charge in [-0.2, -0.15) is 0 Å². The highest BCUT2D eigenvalue weighted by atomic mass is 16.4. The Balaban J connectivity index is 1.38. The van der Waals surface area contributed by atoms with Gasteiger partial charge in [-0.1, -0.05) is 62.4 Å². The standard InChI is InChI=1S/C27H32N2O2/c1-20(2)17-22-10-11-26-24(18-22)25(19-27(30)31-26)28-23-12-15-29(16-13-23)14-6-9-21-7-4-3-5-8-21/h3-11,18-20,23,28H,12-17H2,1-2H3. The number of hydrogen-bond acceptors (Lipinski definition) is 4. The van der Waals surface area contributed by atoms with Crippen molar-refractivity contribution >= 4 is 22.7 Å². The van der Waals surface area contributed by atoms with Crippen LogP contribution >= 0.6 is 0 Å². The van der Waals surface area contributed by atoms with Crippen LogP contribution in [0.25, 0.3) is 17.0 Å². The van der Waals surface area contributed by atoms with E-state index < -0.39 is 0 Å². The van der Waals surface area contributed by atoms with Gasteiger partial charge in [-0.15, -0.1) is 0 Å². The Bertz CT molecular complexity index is 1080. The van der Waals surface area contributed by atoms with Crippen LogP contribution in [0, 0.1) is 5.92 Å². The van der Waals surface area contributed by atoms with Gasteiger partial charge in [-0.25, -0.2) is 4.79 Å². The lowest BCUT2D eigenvalue weighted by atomic mass is 10.00. The van der Waals surface area contributed by atoms with Crippen LogP contribution in [0.1, 0.15) is 37.8 Å². The summed E-state index contributed by atoms with van der Waals surface area (Å²) < 4.78 is 5.44. The fourth-order valence-corrected chi connectivity index (χ4v) is 4.31. The molecule has 0 saturated carbocycles. The van der Waals surface area contributed by atoms with Crippen LogP contribution in [0.5, 0.6) is 0 Å². The number of hydrogen-bond donors (Lipinski definition) is 1. The summed E-state index contributed by atoms with van der Waals surface area (Å²) in [5, 5.41) is 4.65. The molecule has 4 nitrogen and oxygen atoms in total. The zero-order chi connectivity index (χ0) is 21.6. The van der Waals surface area contributed by atoms with E-state index in [4.69, 9.17) is 4.42 Å². The molecule has 4 rings (SSSR count). The van der Waals surface area contributed by atoms with Gasteiger partial charge >= 0.3 is 5.63 Å². The molecule has 0 unspecified atom stereocenters. The molecule has 2 aromatic carbocycles. The third-order valence-corrected chi connectivity index (χ3v) is 5.87. The van der Waals surface area contributed by atoms with E-state index in [9.17, 15) is 4.79 Å². The van der Waals surface area contributed by atoms with Crippen molar-refractivity contribution in [1.29, 1.82) is 0 Å². The molecule has 0 aliphatic carbocycles. The van der Waals surface area contributed by atoms with Crippen molar-refractivity contribution in [1.82, 2.24) is 4.90 Å². The third-order valence-electron chi connectivity index (χ3n) is 5.87. The first-order valence-electron chi connectivity index (χ1n) is 11.3. The molecular formula is C27H32N2O2. The Morgan fingerprint density at radius 3 is 2.61 bits per heavy atom. The van der Waals surface area contributed by atoms with Crippen molar-refractivity contribution in [3.05, 3.63) is 82.2 Å². The smallest absolute Gasteiger partial charge is 0.338 e. The van der Waals surface area contributed by atoms with Gasteiger partial charge in [0, 0.05) is 37.1 Å². The third kappa shape index (κ3) is 5.86. The van der Waals surface area contributed by atoms with Gasteiger partial charge in [-0.05, 0) is 48.4 Å². The summed E-state index contributed by atoms with van der Waals surface area (Å²) >= 11 is 0. The maximum Gasteiger partial charge on any atom is 0.338 e. The largest absolute Gasteiger partial charge is 0.423 e. The number of likely N-dealkylation sites (tertiary alicyclic amines) is 1. The second kappa shape index (κ2) is 9.97. The first-order chi connectivity index (χ1) is 15.1. The van der Waals surface area contributed by atoms with Crippen molar-refractivity contribution in [2.24, 2.45) is 5.92 Å². The highest BCUT2D eigenvalue weighted by Crippen LogP contribution is 2.26. The highest BCUT2D eigenvalue weighted by Gasteiger charge is 2.19. The predicted octanol–water partition coefficient (Wildman–Crippen LogP) is 5.58. The highest BCUT2D eigenvalue weighted by molar-refractivity contribution is 5.90. The van der Waals surface area contributed by atoms with Crippen molar-refractivity contribution in [2.45, 2.75) is 39.2 Å². The average Bonchev–Trinajstić information content (AvgIpc) is 2.76. The second-order valence-electron chi connectivity index (χ2n) is 8.94. The van der Waals surface area contributed by atoms with Gasteiger partial charge < -0.3 is 9.73 Å². The van der Waals surface area contributed by atoms with Gasteiger partial charge in [0.25, 0.3) is 0 Å². The van der Waals surface area contributed by atoms with Crippen molar-refractivity contribution < 1.29 is 4.42 Å². The van der Waals surface area contributed by atoms with E-state index in [1.165, 1.54) is 11.1 Å². The number of piperidine rings is 1. The Labute approximate surface area is 184 Å². The summed E-state index contributed by atoms with van der Waals surface area (Å²) in [5.41, 5.74) is 3.78. The molecule has 0 bridgehead atoms. The zero-order valence-electron chi connectivity index (χ0n) is 18.5. The maximum absolute atomic E-state index is 12.1. The molecule has 31 heavy (non-hydrogen) atoms. The van der Waals surface area contributed by atoms with Crippen LogP contribution in [-0.2, 0) is 6.42 Å². The fraction of sp³-hybridized carbons (Fsp3) is 0.370. The van der Waals surface area contributed by atoms with Gasteiger partial charge in [-0.3, -0.25) is 4.90 Å². The number of rotatable bonds is 7. The number of anilines is 1. The molecular weight excluding hydrogens is 384 g/mol. The molecule has 0 spiro atoms. The molecule has 162 valence electrons. The molecule has 1 fully saturated rings. The molecule has 0 amide bonds. The van der Waals surface area contributed by atoms with Gasteiger partial charge in [0.05, 0.1) is 5.69 Å². The molecule has 1 aliphatic rings. The topological polar surface area (TPSA) is 45.5 Å². The van der Waals surface area contributed by atoms with Crippen LogP contribution in [0.3, 0.4) is 0 Å². The lowest BCUT2D eigenvalue weighted by Crippen LogP contribution is -2.39. The van der Waals surface area contributed by atoms with E-state index >= 15 is 0 Å². The minimum atomic E-state index is -0.296. The minimum absolute atomic E-state index is 0.296. The molecule has 1 N–H and O–H groups in total. The molecule has 1 saturated heterocycles. The average molecular weight is 417 g/mol. The Morgan fingerprint density at radius 1 is 1.10 bits per heavy atom. The van der Waals surface area contributed by atoms with Crippen LogP contribution in [0.2, 0.25) is 0 Å². The minimum Gasteiger partial charge on any atom is -0.423 e. The second-order valence-corrected chi connectivity index (χ2v) is 8.94. The summed E-state index contributed by atoms with van der Waals surface area (Å²) in [6.45, 7) is 7.51. The van der Waals surface area contributed by atoms with Gasteiger partial charge in [0.15, 0.2) is 0 Å². The van der Waals surface area contributed by atoms with Crippen molar-refractivity contribution in [3.8, 4) is 0 Å². The first-order valence-corrected chi connectivity index (χ1v) is 11.3. The molecule has 3 aromatic rings. The monoisotopic (exact) mass is 416 g/mol. The first kappa shape index (κ1) is 21.4. The lowest BCUT2D eigenvalue weighted by Gasteiger charge is -2.32. The Morgan fingerprint density at radius 2 is 1.87 bits per heavy atom. The Hall–Kier alpha value is -2.85. The molecule has 0 radical (unpaired) electrons.